The van der Waals surface area contributed by atoms with Crippen molar-refractivity contribution in [1.29, 1.82) is 0 Å². The third kappa shape index (κ3) is 6.57. The minimum atomic E-state index is 1.20. The second-order valence-corrected chi connectivity index (χ2v) is 4.09. The molecule has 0 saturated heterocycles. The van der Waals surface area contributed by atoms with Crippen LogP contribution in [0.2, 0.25) is 0 Å². The van der Waals surface area contributed by atoms with E-state index < -0.39 is 0 Å². The first-order valence-electron chi connectivity index (χ1n) is 3.69. The summed E-state index contributed by atoms with van der Waals surface area (Å²) in [5, 5.41) is 0. The van der Waals surface area contributed by atoms with Crippen molar-refractivity contribution in [2.75, 3.05) is 18.3 Å². The van der Waals surface area contributed by atoms with Gasteiger partial charge in [0.05, 0.1) is 0 Å². The van der Waals surface area contributed by atoms with Crippen LogP contribution in [0.3, 0.4) is 0 Å². The van der Waals surface area contributed by atoms with Gasteiger partial charge in [0.15, 0.2) is 0 Å². The van der Waals surface area contributed by atoms with Gasteiger partial charge in [0, 0.05) is 0 Å². The molecule has 0 amide bonds. The van der Waals surface area contributed by atoms with Gasteiger partial charge in [0.25, 0.3) is 0 Å². The minimum Gasteiger partial charge on any atom is -0.165 e. The van der Waals surface area contributed by atoms with Gasteiger partial charge in [-0.25, -0.2) is 0 Å². The van der Waals surface area contributed by atoms with Crippen LogP contribution < -0.4 is 0 Å². The van der Waals surface area contributed by atoms with Crippen LogP contribution in [-0.2, 0) is 0 Å². The van der Waals surface area contributed by atoms with Gasteiger partial charge >= 0.3 is 0 Å². The maximum absolute atomic E-state index is 3.68. The highest BCUT2D eigenvalue weighted by Crippen LogP contribution is 2.18. The van der Waals surface area contributed by atoms with Crippen LogP contribution in [0.15, 0.2) is 23.6 Å². The van der Waals surface area contributed by atoms with E-state index >= 15 is 0 Å². The number of allylic oxidation sites excluding steroid dienone is 3. The molecule has 0 aliphatic rings. The molecule has 0 N–H and O–H groups in total. The third-order valence-corrected chi connectivity index (χ3v) is 2.90. The van der Waals surface area contributed by atoms with Crippen LogP contribution in [0.5, 0.6) is 0 Å². The summed E-state index contributed by atoms with van der Waals surface area (Å²) in [6, 6.07) is 0. The van der Waals surface area contributed by atoms with Crippen LogP contribution in [0, 0.1) is 0 Å². The predicted octanol–water partition coefficient (Wildman–Crippen LogP) is 3.56. The molecule has 11 heavy (non-hydrogen) atoms. The van der Waals surface area contributed by atoms with E-state index in [2.05, 4.69) is 25.2 Å². The number of rotatable bonds is 6. The lowest BCUT2D eigenvalue weighted by molar-refractivity contribution is 0.961. The molecule has 0 unspecified atom stereocenters. The highest BCUT2D eigenvalue weighted by Gasteiger charge is 1.92. The van der Waals surface area contributed by atoms with Gasteiger partial charge in [0.2, 0.25) is 0 Å². The fourth-order valence-electron chi connectivity index (χ4n) is 0.776. The number of thioether (sulfide) groups is 2. The quantitative estimate of drug-likeness (QED) is 0.462. The average Bonchev–Trinajstić information content (AvgIpc) is 2.03. The first kappa shape index (κ1) is 11.2. The molecule has 0 aliphatic heterocycles. The van der Waals surface area contributed by atoms with Gasteiger partial charge in [-0.1, -0.05) is 18.7 Å². The first-order chi connectivity index (χ1) is 5.35. The van der Waals surface area contributed by atoms with Crippen molar-refractivity contribution in [3.05, 3.63) is 23.6 Å². The third-order valence-electron chi connectivity index (χ3n) is 1.34. The normalized spacial score (nSPS) is 11.6. The Balaban J connectivity index is 3.52. The molecule has 0 rings (SSSR count). The van der Waals surface area contributed by atoms with Crippen molar-refractivity contribution < 1.29 is 0 Å². The molecule has 0 spiro atoms. The lowest BCUT2D eigenvalue weighted by Crippen LogP contribution is -1.80. The fourth-order valence-corrected chi connectivity index (χ4v) is 1.79. The molecule has 0 fully saturated rings. The molecular weight excluding hydrogens is 172 g/mol. The first-order valence-corrected chi connectivity index (χ1v) is 6.31. The molecule has 0 aromatic rings. The Hall–Kier alpha value is 0.180. The topological polar surface area (TPSA) is 0 Å². The van der Waals surface area contributed by atoms with E-state index in [0.29, 0.717) is 0 Å². The van der Waals surface area contributed by atoms with Gasteiger partial charge in [-0.3, -0.25) is 0 Å². The number of hydrogen-bond donors (Lipinski definition) is 0. The Labute approximate surface area is 78.5 Å². The highest BCUT2D eigenvalue weighted by molar-refractivity contribution is 8.02. The Morgan fingerprint density at radius 2 is 2.18 bits per heavy atom. The van der Waals surface area contributed by atoms with Crippen molar-refractivity contribution in [3.8, 4) is 0 Å². The van der Waals surface area contributed by atoms with Crippen molar-refractivity contribution in [1.82, 2.24) is 0 Å². The Bertz CT molecular complexity index is 128. The molecule has 0 saturated carbocycles. The number of hydrogen-bond acceptors (Lipinski definition) is 2. The van der Waals surface area contributed by atoms with Crippen LogP contribution >= 0.6 is 23.5 Å². The van der Waals surface area contributed by atoms with Crippen molar-refractivity contribution >= 4 is 23.5 Å². The van der Waals surface area contributed by atoms with Crippen LogP contribution in [0.25, 0.3) is 0 Å². The molecule has 0 heterocycles. The second-order valence-electron chi connectivity index (χ2n) is 2.17. The van der Waals surface area contributed by atoms with Crippen LogP contribution in [0.4, 0.5) is 0 Å². The lowest BCUT2D eigenvalue weighted by Gasteiger charge is -2.00. The van der Waals surface area contributed by atoms with Crippen molar-refractivity contribution in [2.24, 2.45) is 0 Å². The van der Waals surface area contributed by atoms with Gasteiger partial charge in [-0.15, -0.1) is 11.8 Å². The van der Waals surface area contributed by atoms with Gasteiger partial charge in [0.1, 0.15) is 0 Å². The molecule has 0 radical (unpaired) electrons. The maximum Gasteiger partial charge on any atom is -0.00670 e. The summed E-state index contributed by atoms with van der Waals surface area (Å²) >= 11 is 3.74. The summed E-state index contributed by atoms with van der Waals surface area (Å²) in [7, 11) is 0. The smallest absolute Gasteiger partial charge is 0.00670 e. The van der Waals surface area contributed by atoms with E-state index in [1.165, 1.54) is 23.5 Å². The highest BCUT2D eigenvalue weighted by atomic mass is 32.2. The Kier molecular flexibility index (Phi) is 8.41. The van der Waals surface area contributed by atoms with E-state index in [-0.39, 0.29) is 0 Å². The zero-order chi connectivity index (χ0) is 8.53. The van der Waals surface area contributed by atoms with Crippen LogP contribution in [-0.4, -0.2) is 18.3 Å². The molecule has 0 aliphatic carbocycles. The van der Waals surface area contributed by atoms with Crippen LogP contribution in [0.1, 0.15) is 12.8 Å². The van der Waals surface area contributed by atoms with Crippen molar-refractivity contribution in [3.63, 3.8) is 0 Å². The lowest BCUT2D eigenvalue weighted by atomic mass is 10.3. The Morgan fingerprint density at radius 1 is 1.45 bits per heavy atom. The summed E-state index contributed by atoms with van der Waals surface area (Å²) < 4.78 is 0. The molecule has 64 valence electrons. The largest absolute Gasteiger partial charge is 0.165 e. The fraction of sp³-hybridized carbons (Fsp3) is 0.556. The Morgan fingerprint density at radius 3 is 2.64 bits per heavy atom. The summed E-state index contributed by atoms with van der Waals surface area (Å²) in [5.41, 5.74) is 0. The molecular formula is C9H16S2. The molecule has 0 bridgehead atoms. The van der Waals surface area contributed by atoms with Crippen molar-refractivity contribution in [2.45, 2.75) is 12.8 Å². The maximum atomic E-state index is 3.68. The molecule has 0 aromatic carbocycles. The zero-order valence-corrected chi connectivity index (χ0v) is 8.93. The summed E-state index contributed by atoms with van der Waals surface area (Å²) in [5.74, 6) is 1.26. The average molecular weight is 188 g/mol. The second kappa shape index (κ2) is 8.28. The van der Waals surface area contributed by atoms with E-state index in [9.17, 15) is 0 Å². The zero-order valence-electron chi connectivity index (χ0n) is 7.30. The minimum absolute atomic E-state index is 1.20. The predicted molar refractivity (Wildman–Crippen MR) is 59.4 cm³/mol. The van der Waals surface area contributed by atoms with Gasteiger partial charge < -0.3 is 0 Å². The molecule has 0 nitrogen and oxygen atoms in total. The monoisotopic (exact) mass is 188 g/mol. The van der Waals surface area contributed by atoms with E-state index in [0.717, 1.165) is 0 Å². The summed E-state index contributed by atoms with van der Waals surface area (Å²) in [6.07, 6.45) is 10.7. The van der Waals surface area contributed by atoms with E-state index in [1.807, 2.05) is 29.6 Å². The molecule has 2 heteroatoms. The summed E-state index contributed by atoms with van der Waals surface area (Å²) in [4.78, 5) is 1.44. The SMILES string of the molecule is C=C/C=C(\CCCSC)SC. The molecule has 0 aromatic heterocycles. The molecule has 0 atom stereocenters. The van der Waals surface area contributed by atoms with E-state index in [4.69, 9.17) is 0 Å². The summed E-state index contributed by atoms with van der Waals surface area (Å²) in [6.45, 7) is 3.68. The van der Waals surface area contributed by atoms with Gasteiger partial charge in [-0.05, 0) is 36.0 Å². The van der Waals surface area contributed by atoms with E-state index in [1.54, 1.807) is 0 Å². The van der Waals surface area contributed by atoms with Gasteiger partial charge in [-0.2, -0.15) is 11.8 Å². The standard InChI is InChI=1S/C9H16S2/c1-4-6-9(11-3)7-5-8-10-2/h4,6H,1,5,7-8H2,2-3H3/b9-6+.